The Labute approximate surface area is 461 Å². The monoisotopic (exact) mass is 1050 g/mol. The fourth-order valence-corrected chi connectivity index (χ4v) is 14.5. The van der Waals surface area contributed by atoms with E-state index in [0.29, 0.717) is 0 Å². The maximum absolute atomic E-state index is 5.45. The zero-order valence-electron chi connectivity index (χ0n) is 43.3. The maximum atomic E-state index is 5.45. The second-order valence-electron chi connectivity index (χ2n) is 22.0. The van der Waals surface area contributed by atoms with E-state index in [1.54, 1.807) is 0 Å². The highest BCUT2D eigenvalue weighted by molar-refractivity contribution is 6.13. The highest BCUT2D eigenvalue weighted by Gasteiger charge is 2.28. The van der Waals surface area contributed by atoms with Gasteiger partial charge in [-0.25, -0.2) is 28.7 Å². The summed E-state index contributed by atoms with van der Waals surface area (Å²) in [4.78, 5) is 21.5. The molecule has 21 rings (SSSR count). The van der Waals surface area contributed by atoms with Crippen molar-refractivity contribution in [3.8, 4) is 33.6 Å². The summed E-state index contributed by atoms with van der Waals surface area (Å²) >= 11 is 0. The van der Waals surface area contributed by atoms with Gasteiger partial charge in [0.05, 0.1) is 94.0 Å². The fourth-order valence-electron chi connectivity index (χ4n) is 14.5. The van der Waals surface area contributed by atoms with E-state index in [0.717, 1.165) is 151 Å². The van der Waals surface area contributed by atoms with Crippen molar-refractivity contribution >= 4 is 144 Å². The molecule has 0 radical (unpaired) electrons. The molecule has 0 fully saturated rings. The van der Waals surface area contributed by atoms with Gasteiger partial charge < -0.3 is 9.13 Å². The van der Waals surface area contributed by atoms with Gasteiger partial charge in [0.1, 0.15) is 11.0 Å². The zero-order valence-corrected chi connectivity index (χ0v) is 43.3. The molecule has 0 spiro atoms. The predicted molar refractivity (Wildman–Crippen MR) is 330 cm³/mol. The molecule has 11 aromatic carbocycles. The Bertz CT molecular complexity index is 6330. The molecular formula is C70H38N12. The molecule has 21 aromatic rings. The molecule has 0 aliphatic heterocycles. The van der Waals surface area contributed by atoms with Crippen molar-refractivity contribution in [2.75, 3.05) is 0 Å². The van der Waals surface area contributed by atoms with Crippen LogP contribution in [0.5, 0.6) is 0 Å². The molecule has 0 bridgehead atoms. The van der Waals surface area contributed by atoms with E-state index in [-0.39, 0.29) is 0 Å². The minimum absolute atomic E-state index is 0.824. The number of hydrogen-bond acceptors (Lipinski definition) is 4. The lowest BCUT2D eigenvalue weighted by atomic mass is 10.0. The van der Waals surface area contributed by atoms with Crippen molar-refractivity contribution in [1.82, 2.24) is 55.5 Å². The standard InChI is InChI=1S/C70H38N12/c1-2-14-43(15-3-1)75-53-21-9-6-18-47(53)48-29-26-41(32-58(48)75)42-35-61-65-62(36-42)79-59-33-39(27-30-51(59)73-69(79)81(65)67-71-49-19-7-12-24-56(49)77(61)67)40-28-31-52-60(34-40)80-64-38-44(76-54-22-10-4-16-45(54)46-17-5-11-23-55(46)76)37-63-66(64)82(70(80)74-52)68-72-50-20-8-13-25-57(50)78(63)68/h1-38H. The summed E-state index contributed by atoms with van der Waals surface area (Å²) in [7, 11) is 0. The van der Waals surface area contributed by atoms with Crippen LogP contribution in [0, 0.1) is 0 Å². The first-order valence-corrected chi connectivity index (χ1v) is 27.7. The molecule has 0 saturated heterocycles. The van der Waals surface area contributed by atoms with Crippen molar-refractivity contribution in [1.29, 1.82) is 0 Å². The highest BCUT2D eigenvalue weighted by atomic mass is 15.3. The van der Waals surface area contributed by atoms with Gasteiger partial charge in [-0.3, -0.25) is 17.6 Å². The van der Waals surface area contributed by atoms with Crippen molar-refractivity contribution in [3.63, 3.8) is 0 Å². The number of imidazole rings is 8. The summed E-state index contributed by atoms with van der Waals surface area (Å²) in [5.41, 5.74) is 25.6. The maximum Gasteiger partial charge on any atom is 0.223 e. The van der Waals surface area contributed by atoms with Gasteiger partial charge in [-0.05, 0) is 131 Å². The molecule has 0 amide bonds. The van der Waals surface area contributed by atoms with Gasteiger partial charge in [0.2, 0.25) is 23.1 Å². The first-order valence-electron chi connectivity index (χ1n) is 27.7. The summed E-state index contributed by atoms with van der Waals surface area (Å²) in [5, 5.41) is 4.89. The van der Waals surface area contributed by atoms with Crippen LogP contribution in [0.15, 0.2) is 231 Å². The Balaban J connectivity index is 0.806. The van der Waals surface area contributed by atoms with Gasteiger partial charge in [0, 0.05) is 27.2 Å². The van der Waals surface area contributed by atoms with Crippen LogP contribution < -0.4 is 0 Å². The van der Waals surface area contributed by atoms with Crippen molar-refractivity contribution < 1.29 is 0 Å². The molecule has 12 heteroatoms. The Morgan fingerprint density at radius 3 is 1.05 bits per heavy atom. The largest absolute Gasteiger partial charge is 0.309 e. The molecule has 0 atom stereocenters. The SMILES string of the molecule is c1ccc(-n2c3ccccc3c3ccc(-c4cc5c6c(c4)n4c7cc(-c8ccc9nc%10n(c9c8)c8cc(-n9c%11ccccc%11c%11ccccc%119)cc9c8n%10c8nc%10ccccc%10n98)ccc7nc4n6c4nc6ccccc6n54)cc32)cc1. The Morgan fingerprint density at radius 1 is 0.207 bits per heavy atom. The van der Waals surface area contributed by atoms with Gasteiger partial charge in [0.25, 0.3) is 0 Å². The average Bonchev–Trinajstić information content (AvgIpc) is 2.51. The molecule has 0 saturated carbocycles. The molecule has 0 aliphatic rings. The van der Waals surface area contributed by atoms with Crippen LogP contribution in [-0.2, 0) is 0 Å². The molecule has 10 aromatic heterocycles. The molecule has 378 valence electrons. The van der Waals surface area contributed by atoms with Crippen LogP contribution in [0.3, 0.4) is 0 Å². The third-order valence-corrected chi connectivity index (χ3v) is 17.9. The van der Waals surface area contributed by atoms with Crippen LogP contribution in [0.1, 0.15) is 0 Å². The Kier molecular flexibility index (Phi) is 7.30. The van der Waals surface area contributed by atoms with Gasteiger partial charge >= 0.3 is 0 Å². The molecular weight excluding hydrogens is 1010 g/mol. The summed E-state index contributed by atoms with van der Waals surface area (Å²) in [6, 6.07) is 83.4. The van der Waals surface area contributed by atoms with Gasteiger partial charge in [-0.2, -0.15) is 0 Å². The quantitative estimate of drug-likeness (QED) is 0.176. The smallest absolute Gasteiger partial charge is 0.223 e. The lowest BCUT2D eigenvalue weighted by Crippen LogP contribution is -1.96. The highest BCUT2D eigenvalue weighted by Crippen LogP contribution is 2.43. The van der Waals surface area contributed by atoms with E-state index in [1.807, 2.05) is 0 Å². The van der Waals surface area contributed by atoms with E-state index >= 15 is 0 Å². The topological polar surface area (TPSA) is 87.9 Å². The zero-order chi connectivity index (χ0) is 52.8. The van der Waals surface area contributed by atoms with Gasteiger partial charge in [-0.1, -0.05) is 121 Å². The van der Waals surface area contributed by atoms with Crippen LogP contribution in [0.2, 0.25) is 0 Å². The third kappa shape index (κ3) is 4.97. The Hall–Kier alpha value is -11.5. The summed E-state index contributed by atoms with van der Waals surface area (Å²) in [6.07, 6.45) is 0. The van der Waals surface area contributed by atoms with Crippen LogP contribution >= 0.6 is 0 Å². The Morgan fingerprint density at radius 2 is 0.549 bits per heavy atom. The van der Waals surface area contributed by atoms with E-state index in [1.165, 1.54) is 27.1 Å². The first-order chi connectivity index (χ1) is 40.7. The summed E-state index contributed by atoms with van der Waals surface area (Å²) in [6.45, 7) is 0. The number of hydrogen-bond donors (Lipinski definition) is 0. The molecule has 82 heavy (non-hydrogen) atoms. The van der Waals surface area contributed by atoms with Gasteiger partial charge in [-0.15, -0.1) is 0 Å². The van der Waals surface area contributed by atoms with Crippen molar-refractivity contribution in [2.24, 2.45) is 0 Å². The number of para-hydroxylation sites is 8. The second-order valence-corrected chi connectivity index (χ2v) is 22.0. The normalized spacial score (nSPS) is 12.9. The second kappa shape index (κ2) is 14.4. The summed E-state index contributed by atoms with van der Waals surface area (Å²) in [5.74, 6) is 3.33. The number of benzene rings is 11. The van der Waals surface area contributed by atoms with E-state index < -0.39 is 0 Å². The first kappa shape index (κ1) is 41.6. The molecule has 0 N–H and O–H groups in total. The van der Waals surface area contributed by atoms with E-state index in [2.05, 4.69) is 266 Å². The number of aromatic nitrogens is 12. The predicted octanol–water partition coefficient (Wildman–Crippen LogP) is 16.1. The van der Waals surface area contributed by atoms with E-state index in [9.17, 15) is 0 Å². The number of fused-ring (bicyclic) bond motifs is 26. The number of nitrogens with zero attached hydrogens (tertiary/aromatic N) is 12. The summed E-state index contributed by atoms with van der Waals surface area (Å²) < 4.78 is 18.6. The average molecular weight is 1050 g/mol. The minimum atomic E-state index is 0.824. The molecule has 12 nitrogen and oxygen atoms in total. The van der Waals surface area contributed by atoms with Crippen molar-refractivity contribution in [2.45, 2.75) is 0 Å². The van der Waals surface area contributed by atoms with E-state index in [4.69, 9.17) is 19.9 Å². The molecule has 0 unspecified atom stereocenters. The lowest BCUT2D eigenvalue weighted by Gasteiger charge is -2.10. The van der Waals surface area contributed by atoms with Crippen LogP contribution in [0.4, 0.5) is 0 Å². The third-order valence-electron chi connectivity index (χ3n) is 17.9. The van der Waals surface area contributed by atoms with Crippen molar-refractivity contribution in [3.05, 3.63) is 231 Å². The lowest BCUT2D eigenvalue weighted by molar-refractivity contribution is 1.14. The van der Waals surface area contributed by atoms with Crippen LogP contribution in [-0.4, -0.2) is 55.5 Å². The molecule has 10 heterocycles. The van der Waals surface area contributed by atoms with Crippen LogP contribution in [0.25, 0.3) is 178 Å². The van der Waals surface area contributed by atoms with Gasteiger partial charge in [0.15, 0.2) is 0 Å². The molecule has 0 aliphatic carbocycles. The number of rotatable bonds is 4. The minimum Gasteiger partial charge on any atom is -0.309 e. The fraction of sp³-hybridized carbons (Fsp3) is 0.